The van der Waals surface area contributed by atoms with Gasteiger partial charge in [-0.15, -0.1) is 0 Å². The number of piperidine rings is 1. The summed E-state index contributed by atoms with van der Waals surface area (Å²) in [6, 6.07) is 26.7. The number of carbonyl (C=O) groups is 3. The lowest BCUT2D eigenvalue weighted by Gasteiger charge is -2.43. The van der Waals surface area contributed by atoms with Crippen LogP contribution in [0.4, 0.5) is 16.2 Å². The first kappa shape index (κ1) is 27.1. The summed E-state index contributed by atoms with van der Waals surface area (Å²) in [6.07, 6.45) is 0.926. The quantitative estimate of drug-likeness (QED) is 0.488. The summed E-state index contributed by atoms with van der Waals surface area (Å²) in [5, 5.41) is 2.93. The lowest BCUT2D eigenvalue weighted by molar-refractivity contribution is -0.140. The SMILES string of the molecule is COc1ccccc1NC(=O)N1CCC2(CC1)C(=O)N(CC(=O)N(C)Cc1ccccc1)CN2c1ccccc1. The van der Waals surface area contributed by atoms with E-state index in [2.05, 4.69) is 10.2 Å². The minimum absolute atomic E-state index is 0.00521. The van der Waals surface area contributed by atoms with E-state index in [-0.39, 0.29) is 24.4 Å². The van der Waals surface area contributed by atoms with Gasteiger partial charge < -0.3 is 29.7 Å². The molecule has 1 spiro atoms. The first-order valence-electron chi connectivity index (χ1n) is 13.5. The van der Waals surface area contributed by atoms with Gasteiger partial charge in [-0.25, -0.2) is 4.79 Å². The molecule has 5 rings (SSSR count). The molecule has 0 aliphatic carbocycles. The predicted octanol–water partition coefficient (Wildman–Crippen LogP) is 4.03. The number of nitrogens with zero attached hydrogens (tertiary/aromatic N) is 4. The van der Waals surface area contributed by atoms with E-state index in [1.807, 2.05) is 72.8 Å². The fourth-order valence-electron chi connectivity index (χ4n) is 5.57. The van der Waals surface area contributed by atoms with E-state index in [9.17, 15) is 14.4 Å². The molecular weight excluding hydrogens is 506 g/mol. The van der Waals surface area contributed by atoms with Crippen molar-refractivity contribution in [1.82, 2.24) is 14.7 Å². The van der Waals surface area contributed by atoms with E-state index in [1.54, 1.807) is 41.0 Å². The van der Waals surface area contributed by atoms with Gasteiger partial charge in [0.2, 0.25) is 5.91 Å². The highest BCUT2D eigenvalue weighted by atomic mass is 16.5. The number of methoxy groups -OCH3 is 1. The molecular formula is C31H35N5O4. The molecule has 2 aliphatic heterocycles. The zero-order valence-corrected chi connectivity index (χ0v) is 23.0. The van der Waals surface area contributed by atoms with Gasteiger partial charge in [0.05, 0.1) is 19.5 Å². The van der Waals surface area contributed by atoms with Crippen LogP contribution >= 0.6 is 0 Å². The molecule has 3 aromatic rings. The molecule has 2 fully saturated rings. The van der Waals surface area contributed by atoms with Crippen LogP contribution in [0.5, 0.6) is 5.75 Å². The lowest BCUT2D eigenvalue weighted by atomic mass is 9.85. The van der Waals surface area contributed by atoms with Crippen LogP contribution in [-0.2, 0) is 16.1 Å². The van der Waals surface area contributed by atoms with Crippen LogP contribution in [0.3, 0.4) is 0 Å². The van der Waals surface area contributed by atoms with E-state index < -0.39 is 5.54 Å². The van der Waals surface area contributed by atoms with Crippen LogP contribution < -0.4 is 15.0 Å². The normalized spacial score (nSPS) is 16.2. The van der Waals surface area contributed by atoms with Gasteiger partial charge in [-0.1, -0.05) is 60.7 Å². The Morgan fingerprint density at radius 2 is 1.55 bits per heavy atom. The molecule has 0 atom stereocenters. The predicted molar refractivity (Wildman–Crippen MR) is 154 cm³/mol. The highest BCUT2D eigenvalue weighted by Crippen LogP contribution is 2.39. The fourth-order valence-corrected chi connectivity index (χ4v) is 5.57. The average molecular weight is 542 g/mol. The third-order valence-corrected chi connectivity index (χ3v) is 7.82. The standard InChI is InChI=1S/C31H35N5O4/c1-33(21-24-11-5-3-6-12-24)28(37)22-35-23-36(25-13-7-4-8-14-25)31(29(35)38)17-19-34(20-18-31)30(39)32-26-15-9-10-16-27(26)40-2/h3-16H,17-23H2,1-2H3,(H,32,39). The van der Waals surface area contributed by atoms with Crippen molar-refractivity contribution in [2.45, 2.75) is 24.9 Å². The van der Waals surface area contributed by atoms with Gasteiger partial charge in [0, 0.05) is 32.4 Å². The maximum absolute atomic E-state index is 14.0. The number of hydrogen-bond donors (Lipinski definition) is 1. The monoisotopic (exact) mass is 541 g/mol. The topological polar surface area (TPSA) is 85.4 Å². The molecule has 4 amide bonds. The molecule has 0 unspecified atom stereocenters. The zero-order valence-electron chi connectivity index (χ0n) is 23.0. The highest BCUT2D eigenvalue weighted by molar-refractivity contribution is 5.97. The maximum atomic E-state index is 14.0. The Hall–Kier alpha value is -4.53. The van der Waals surface area contributed by atoms with Gasteiger partial charge in [0.15, 0.2) is 0 Å². The smallest absolute Gasteiger partial charge is 0.321 e. The summed E-state index contributed by atoms with van der Waals surface area (Å²) >= 11 is 0. The van der Waals surface area contributed by atoms with Crippen LogP contribution in [0.25, 0.3) is 0 Å². The minimum atomic E-state index is -0.819. The van der Waals surface area contributed by atoms with Crippen molar-refractivity contribution in [2.75, 3.05) is 50.7 Å². The maximum Gasteiger partial charge on any atom is 0.321 e. The van der Waals surface area contributed by atoms with Crippen molar-refractivity contribution < 1.29 is 19.1 Å². The van der Waals surface area contributed by atoms with E-state index in [4.69, 9.17) is 4.74 Å². The first-order chi connectivity index (χ1) is 19.4. The average Bonchev–Trinajstić information content (AvgIpc) is 3.24. The zero-order chi connectivity index (χ0) is 28.1. The molecule has 0 aromatic heterocycles. The van der Waals surface area contributed by atoms with Crippen molar-refractivity contribution in [2.24, 2.45) is 0 Å². The number of hydrogen-bond acceptors (Lipinski definition) is 5. The van der Waals surface area contributed by atoms with E-state index in [0.717, 1.165) is 11.3 Å². The fraction of sp³-hybridized carbons (Fsp3) is 0.323. The number of likely N-dealkylation sites (N-methyl/N-ethyl adjacent to an activating group) is 1. The second-order valence-corrected chi connectivity index (χ2v) is 10.3. The first-order valence-corrected chi connectivity index (χ1v) is 13.5. The summed E-state index contributed by atoms with van der Waals surface area (Å²) in [5.41, 5.74) is 1.74. The van der Waals surface area contributed by atoms with Crippen molar-refractivity contribution in [3.8, 4) is 5.75 Å². The number of benzene rings is 3. The molecule has 0 radical (unpaired) electrons. The number of likely N-dealkylation sites (tertiary alicyclic amines) is 1. The number of nitrogens with one attached hydrogen (secondary N) is 1. The third-order valence-electron chi connectivity index (χ3n) is 7.82. The molecule has 2 aliphatic rings. The van der Waals surface area contributed by atoms with Crippen LogP contribution in [-0.4, -0.2) is 78.5 Å². The molecule has 208 valence electrons. The summed E-state index contributed by atoms with van der Waals surface area (Å²) in [6.45, 7) is 1.62. The van der Waals surface area contributed by atoms with Crippen molar-refractivity contribution >= 4 is 29.2 Å². The molecule has 3 aromatic carbocycles. The van der Waals surface area contributed by atoms with E-state index in [0.29, 0.717) is 50.6 Å². The van der Waals surface area contributed by atoms with E-state index in [1.165, 1.54) is 0 Å². The van der Waals surface area contributed by atoms with Crippen molar-refractivity contribution in [1.29, 1.82) is 0 Å². The number of rotatable bonds is 7. The van der Waals surface area contributed by atoms with Gasteiger partial charge in [-0.05, 0) is 42.7 Å². The highest BCUT2D eigenvalue weighted by Gasteiger charge is 2.54. The van der Waals surface area contributed by atoms with Gasteiger partial charge in [0.1, 0.15) is 17.8 Å². The molecule has 40 heavy (non-hydrogen) atoms. The summed E-state index contributed by atoms with van der Waals surface area (Å²) in [4.78, 5) is 47.4. The summed E-state index contributed by atoms with van der Waals surface area (Å²) < 4.78 is 5.36. The van der Waals surface area contributed by atoms with Crippen molar-refractivity contribution in [3.05, 3.63) is 90.5 Å². The van der Waals surface area contributed by atoms with Crippen LogP contribution in [0.1, 0.15) is 18.4 Å². The number of urea groups is 1. The second-order valence-electron chi connectivity index (χ2n) is 10.3. The number of para-hydroxylation sites is 3. The Morgan fingerprint density at radius 3 is 2.23 bits per heavy atom. The van der Waals surface area contributed by atoms with Gasteiger partial charge in [0.25, 0.3) is 5.91 Å². The number of ether oxygens (including phenoxy) is 1. The number of carbonyl (C=O) groups excluding carboxylic acids is 3. The molecule has 2 heterocycles. The molecule has 0 bridgehead atoms. The van der Waals surface area contributed by atoms with Gasteiger partial charge in [-0.3, -0.25) is 9.59 Å². The van der Waals surface area contributed by atoms with Crippen LogP contribution in [0.15, 0.2) is 84.9 Å². The number of amides is 4. The van der Waals surface area contributed by atoms with E-state index >= 15 is 0 Å². The molecule has 2 saturated heterocycles. The summed E-state index contributed by atoms with van der Waals surface area (Å²) in [7, 11) is 3.33. The second kappa shape index (κ2) is 11.7. The van der Waals surface area contributed by atoms with Crippen LogP contribution in [0, 0.1) is 0 Å². The molecule has 9 nitrogen and oxygen atoms in total. The Morgan fingerprint density at radius 1 is 0.925 bits per heavy atom. The molecule has 1 N–H and O–H groups in total. The van der Waals surface area contributed by atoms with Gasteiger partial charge in [-0.2, -0.15) is 0 Å². The Labute approximate surface area is 234 Å². The lowest BCUT2D eigenvalue weighted by Crippen LogP contribution is -2.58. The number of anilines is 2. The third kappa shape index (κ3) is 5.45. The van der Waals surface area contributed by atoms with Crippen molar-refractivity contribution in [3.63, 3.8) is 0 Å². The Balaban J connectivity index is 1.30. The molecule has 0 saturated carbocycles. The Bertz CT molecular complexity index is 1340. The Kier molecular flexibility index (Phi) is 7.91. The van der Waals surface area contributed by atoms with Crippen LogP contribution in [0.2, 0.25) is 0 Å². The largest absolute Gasteiger partial charge is 0.495 e. The summed E-state index contributed by atoms with van der Waals surface area (Å²) in [5.74, 6) is 0.404. The minimum Gasteiger partial charge on any atom is -0.495 e. The molecule has 9 heteroatoms. The van der Waals surface area contributed by atoms with Gasteiger partial charge >= 0.3 is 6.03 Å².